The van der Waals surface area contributed by atoms with E-state index in [0.29, 0.717) is 0 Å². The monoisotopic (exact) mass is 333 g/mol. The molecule has 6 nitrogen and oxygen atoms in total. The fraction of sp³-hybridized carbons (Fsp3) is 0.375. The molecule has 1 fully saturated rings. The van der Waals surface area contributed by atoms with Crippen LogP contribution in [0.2, 0.25) is 0 Å². The number of nitrogens with zero attached hydrogens (tertiary/aromatic N) is 3. The highest BCUT2D eigenvalue weighted by atomic mass is 19.1. The fourth-order valence-electron chi connectivity index (χ4n) is 2.84. The summed E-state index contributed by atoms with van der Waals surface area (Å²) < 4.78 is 26.2. The van der Waals surface area contributed by atoms with Crippen LogP contribution in [0.3, 0.4) is 0 Å². The lowest BCUT2D eigenvalue weighted by Gasteiger charge is -2.24. The van der Waals surface area contributed by atoms with Crippen molar-refractivity contribution in [2.24, 2.45) is 0 Å². The first-order valence-electron chi connectivity index (χ1n) is 7.68. The van der Waals surface area contributed by atoms with Gasteiger partial charge >= 0.3 is 0 Å². The summed E-state index contributed by atoms with van der Waals surface area (Å²) in [5.41, 5.74) is 0.0530. The molecule has 0 aromatic carbocycles. The molecule has 126 valence electrons. The summed E-state index contributed by atoms with van der Waals surface area (Å²) >= 11 is 0. The van der Waals surface area contributed by atoms with Crippen molar-refractivity contribution in [3.8, 4) is 0 Å². The molecule has 0 atom stereocenters. The van der Waals surface area contributed by atoms with Crippen molar-refractivity contribution in [1.82, 2.24) is 20.3 Å². The highest BCUT2D eigenvalue weighted by Gasteiger charge is 2.30. The third-order valence-electron chi connectivity index (χ3n) is 4.02. The molecule has 0 spiro atoms. The zero-order valence-corrected chi connectivity index (χ0v) is 13.1. The van der Waals surface area contributed by atoms with Gasteiger partial charge in [0.1, 0.15) is 11.5 Å². The van der Waals surface area contributed by atoms with E-state index >= 15 is 0 Å². The molecule has 0 aliphatic heterocycles. The Balaban J connectivity index is 1.75. The Labute approximate surface area is 137 Å². The number of hydrogen-bond acceptors (Lipinski definition) is 5. The van der Waals surface area contributed by atoms with Gasteiger partial charge in [0, 0.05) is 23.4 Å². The smallest absolute Gasteiger partial charge is 0.271 e. The molecular weight excluding hydrogens is 316 g/mol. The predicted molar refractivity (Wildman–Crippen MR) is 83.8 cm³/mol. The van der Waals surface area contributed by atoms with E-state index in [-0.39, 0.29) is 28.6 Å². The van der Waals surface area contributed by atoms with Crippen LogP contribution in [-0.2, 0) is 0 Å². The normalized spacial score (nSPS) is 16.0. The highest BCUT2D eigenvalue weighted by Crippen LogP contribution is 2.29. The van der Waals surface area contributed by atoms with E-state index in [0.717, 1.165) is 37.8 Å². The third-order valence-corrected chi connectivity index (χ3v) is 4.02. The minimum Gasteiger partial charge on any atom is -0.345 e. The Morgan fingerprint density at radius 2 is 1.79 bits per heavy atom. The summed E-state index contributed by atoms with van der Waals surface area (Å²) in [6, 6.07) is 2.05. The summed E-state index contributed by atoms with van der Waals surface area (Å²) in [5, 5.41) is 5.69. The topological polar surface area (TPSA) is 79.8 Å². The van der Waals surface area contributed by atoms with E-state index in [4.69, 9.17) is 0 Å². The van der Waals surface area contributed by atoms with Crippen molar-refractivity contribution in [1.29, 1.82) is 0 Å². The molecule has 8 heteroatoms. The van der Waals surface area contributed by atoms with Gasteiger partial charge in [-0.1, -0.05) is 12.8 Å². The Kier molecular flexibility index (Phi) is 4.37. The van der Waals surface area contributed by atoms with Gasteiger partial charge < -0.3 is 10.6 Å². The van der Waals surface area contributed by atoms with Crippen molar-refractivity contribution in [3.63, 3.8) is 0 Å². The van der Waals surface area contributed by atoms with E-state index in [2.05, 4.69) is 25.6 Å². The third kappa shape index (κ3) is 3.81. The molecule has 2 heterocycles. The second kappa shape index (κ2) is 6.46. The van der Waals surface area contributed by atoms with Crippen LogP contribution in [-0.4, -0.2) is 26.4 Å². The van der Waals surface area contributed by atoms with Crippen LogP contribution in [0.4, 0.5) is 20.3 Å². The molecule has 0 bridgehead atoms. The molecule has 2 aromatic rings. The van der Waals surface area contributed by atoms with Crippen LogP contribution >= 0.6 is 0 Å². The van der Waals surface area contributed by atoms with Crippen LogP contribution in [0.15, 0.2) is 24.5 Å². The molecule has 2 aromatic heterocycles. The molecule has 1 amide bonds. The lowest BCUT2D eigenvalue weighted by Crippen LogP contribution is -2.43. The van der Waals surface area contributed by atoms with Gasteiger partial charge in [0.2, 0.25) is 11.9 Å². The number of amides is 1. The lowest BCUT2D eigenvalue weighted by atomic mass is 10.0. The molecular formula is C16H17F2N5O. The number of rotatable bonds is 4. The van der Waals surface area contributed by atoms with Crippen LogP contribution in [0.5, 0.6) is 0 Å². The minimum absolute atomic E-state index is 0.134. The van der Waals surface area contributed by atoms with Gasteiger partial charge in [-0.2, -0.15) is 13.8 Å². The number of hydrogen-bond donors (Lipinski definition) is 2. The van der Waals surface area contributed by atoms with Gasteiger partial charge in [-0.15, -0.1) is 0 Å². The molecule has 0 saturated heterocycles. The van der Waals surface area contributed by atoms with E-state index in [1.54, 1.807) is 0 Å². The quantitative estimate of drug-likeness (QED) is 0.841. The van der Waals surface area contributed by atoms with Crippen molar-refractivity contribution in [2.45, 2.75) is 38.1 Å². The fourth-order valence-corrected chi connectivity index (χ4v) is 2.84. The van der Waals surface area contributed by atoms with Gasteiger partial charge in [0.25, 0.3) is 5.91 Å². The van der Waals surface area contributed by atoms with Gasteiger partial charge in [-0.25, -0.2) is 4.98 Å². The summed E-state index contributed by atoms with van der Waals surface area (Å²) in [6.07, 6.45) is 6.75. The first-order valence-corrected chi connectivity index (χ1v) is 7.68. The number of aromatic nitrogens is 3. The minimum atomic E-state index is -0.950. The zero-order valence-electron chi connectivity index (χ0n) is 13.1. The van der Waals surface area contributed by atoms with E-state index in [1.807, 2.05) is 6.92 Å². The standard InChI is InChI=1S/C16H17F2N5O/c1-16(4-2-3-5-16)23-15(24)11-8-19-9-14(21-11)20-10-6-12(17)22-13(18)7-10/h6-9H,2-5H2,1H3,(H,23,24)(H,20,21,22). The predicted octanol–water partition coefficient (Wildman–Crippen LogP) is 2.96. The SMILES string of the molecule is CC1(NC(=O)c2cncc(Nc3cc(F)nc(F)c3)n2)CCCC1. The Hall–Kier alpha value is -2.64. The van der Waals surface area contributed by atoms with Gasteiger partial charge in [0.15, 0.2) is 0 Å². The Morgan fingerprint density at radius 1 is 1.12 bits per heavy atom. The number of anilines is 2. The summed E-state index contributed by atoms with van der Waals surface area (Å²) in [5.74, 6) is -2.01. The number of pyridine rings is 1. The van der Waals surface area contributed by atoms with Gasteiger partial charge in [-0.05, 0) is 19.8 Å². The average Bonchev–Trinajstić information content (AvgIpc) is 2.92. The largest absolute Gasteiger partial charge is 0.345 e. The molecule has 24 heavy (non-hydrogen) atoms. The van der Waals surface area contributed by atoms with Crippen LogP contribution in [0, 0.1) is 11.9 Å². The maximum absolute atomic E-state index is 13.1. The van der Waals surface area contributed by atoms with Crippen LogP contribution in [0.1, 0.15) is 43.1 Å². The first kappa shape index (κ1) is 16.2. The number of carbonyl (C=O) groups excluding carboxylic acids is 1. The summed E-state index contributed by atoms with van der Waals surface area (Å²) in [6.45, 7) is 2.01. The molecule has 3 rings (SSSR count). The van der Waals surface area contributed by atoms with Crippen LogP contribution in [0.25, 0.3) is 0 Å². The molecule has 0 radical (unpaired) electrons. The van der Waals surface area contributed by atoms with Gasteiger partial charge in [-0.3, -0.25) is 9.78 Å². The maximum atomic E-state index is 13.1. The molecule has 2 N–H and O–H groups in total. The van der Waals surface area contributed by atoms with E-state index in [1.165, 1.54) is 12.4 Å². The first-order chi connectivity index (χ1) is 11.4. The summed E-state index contributed by atoms with van der Waals surface area (Å²) in [4.78, 5) is 23.5. The Bertz CT molecular complexity index is 742. The second-order valence-corrected chi connectivity index (χ2v) is 6.14. The van der Waals surface area contributed by atoms with Crippen molar-refractivity contribution < 1.29 is 13.6 Å². The van der Waals surface area contributed by atoms with Crippen molar-refractivity contribution in [2.75, 3.05) is 5.32 Å². The van der Waals surface area contributed by atoms with E-state index in [9.17, 15) is 13.6 Å². The molecule has 0 unspecified atom stereocenters. The molecule has 1 aliphatic rings. The molecule has 1 saturated carbocycles. The maximum Gasteiger partial charge on any atom is 0.271 e. The average molecular weight is 333 g/mol. The van der Waals surface area contributed by atoms with Crippen molar-refractivity contribution in [3.05, 3.63) is 42.1 Å². The highest BCUT2D eigenvalue weighted by molar-refractivity contribution is 5.92. The second-order valence-electron chi connectivity index (χ2n) is 6.14. The van der Waals surface area contributed by atoms with Crippen LogP contribution < -0.4 is 10.6 Å². The molecule has 1 aliphatic carbocycles. The van der Waals surface area contributed by atoms with E-state index < -0.39 is 11.9 Å². The number of halogens is 2. The van der Waals surface area contributed by atoms with Crippen molar-refractivity contribution >= 4 is 17.4 Å². The number of nitrogens with one attached hydrogen (secondary N) is 2. The lowest BCUT2D eigenvalue weighted by molar-refractivity contribution is 0.0902. The zero-order chi connectivity index (χ0) is 17.2. The summed E-state index contributed by atoms with van der Waals surface area (Å²) in [7, 11) is 0. The number of carbonyl (C=O) groups is 1. The Morgan fingerprint density at radius 3 is 2.46 bits per heavy atom. The van der Waals surface area contributed by atoms with Gasteiger partial charge in [0.05, 0.1) is 12.4 Å².